The minimum absolute atomic E-state index is 0.178. The summed E-state index contributed by atoms with van der Waals surface area (Å²) < 4.78 is 81.9. The summed E-state index contributed by atoms with van der Waals surface area (Å²) in [6.45, 7) is 0.858. The van der Waals surface area contributed by atoms with Gasteiger partial charge in [0.05, 0.1) is 4.90 Å². The van der Waals surface area contributed by atoms with E-state index in [9.17, 15) is 26.0 Å². The molecule has 3 rings (SSSR count). The van der Waals surface area contributed by atoms with E-state index in [0.29, 0.717) is 4.31 Å². The van der Waals surface area contributed by atoms with E-state index in [1.165, 1.54) is 24.0 Å². The van der Waals surface area contributed by atoms with Crippen molar-refractivity contribution in [3.05, 3.63) is 60.3 Å². The van der Waals surface area contributed by atoms with E-state index in [1.54, 1.807) is 0 Å². The first-order chi connectivity index (χ1) is 12.6. The predicted molar refractivity (Wildman–Crippen MR) is 87.7 cm³/mol. The van der Waals surface area contributed by atoms with Crippen molar-refractivity contribution in [2.24, 2.45) is 0 Å². The molecule has 1 aromatic carbocycles. The van der Waals surface area contributed by atoms with E-state index in [4.69, 9.17) is 0 Å². The second kappa shape index (κ2) is 6.89. The van der Waals surface area contributed by atoms with Crippen molar-refractivity contribution >= 4 is 15.7 Å². The lowest BCUT2D eigenvalue weighted by Gasteiger charge is -2.31. The standard InChI is InChI=1S/C16H14F4N4O2S/c1-2-24(15(16(18,19)20)11-3-5-12(17)6-4-11)27(25,26)13-7-8-23-14(9-13)21-10-22-23/h3-10,15H,2H2,1H3. The van der Waals surface area contributed by atoms with E-state index in [1.807, 2.05) is 0 Å². The first-order valence-electron chi connectivity index (χ1n) is 7.78. The van der Waals surface area contributed by atoms with Gasteiger partial charge in [-0.25, -0.2) is 22.3 Å². The van der Waals surface area contributed by atoms with Gasteiger partial charge in [-0.05, 0) is 23.8 Å². The third-order valence-electron chi connectivity index (χ3n) is 3.95. The summed E-state index contributed by atoms with van der Waals surface area (Å²) in [6, 6.07) is 3.40. The summed E-state index contributed by atoms with van der Waals surface area (Å²) in [7, 11) is -4.52. The summed E-state index contributed by atoms with van der Waals surface area (Å²) in [5.41, 5.74) is -0.199. The molecule has 2 aromatic heterocycles. The fraction of sp³-hybridized carbons (Fsp3) is 0.250. The van der Waals surface area contributed by atoms with Gasteiger partial charge in [0.25, 0.3) is 0 Å². The van der Waals surface area contributed by atoms with E-state index in [-0.39, 0.29) is 16.1 Å². The molecule has 0 spiro atoms. The zero-order valence-corrected chi connectivity index (χ0v) is 14.7. The quantitative estimate of drug-likeness (QED) is 0.615. The largest absolute Gasteiger partial charge is 0.409 e. The molecule has 0 aliphatic rings. The zero-order valence-electron chi connectivity index (χ0n) is 13.9. The molecule has 11 heteroatoms. The van der Waals surface area contributed by atoms with E-state index in [0.717, 1.165) is 36.4 Å². The van der Waals surface area contributed by atoms with Crippen LogP contribution in [0.25, 0.3) is 5.65 Å². The number of hydrogen-bond acceptors (Lipinski definition) is 4. The average molecular weight is 402 g/mol. The monoisotopic (exact) mass is 402 g/mol. The number of benzene rings is 1. The molecule has 3 aromatic rings. The molecule has 1 atom stereocenters. The Kier molecular flexibility index (Phi) is 4.91. The molecule has 0 bridgehead atoms. The first kappa shape index (κ1) is 19.2. The Morgan fingerprint density at radius 1 is 1.19 bits per heavy atom. The van der Waals surface area contributed by atoms with Crippen LogP contribution in [0.1, 0.15) is 18.5 Å². The van der Waals surface area contributed by atoms with Gasteiger partial charge in [0, 0.05) is 18.8 Å². The molecule has 0 amide bonds. The lowest BCUT2D eigenvalue weighted by molar-refractivity contribution is -0.173. The molecule has 0 aliphatic heterocycles. The lowest BCUT2D eigenvalue weighted by atomic mass is 10.1. The Bertz CT molecular complexity index is 1050. The van der Waals surface area contributed by atoms with Gasteiger partial charge in [0.1, 0.15) is 18.2 Å². The van der Waals surface area contributed by atoms with Crippen LogP contribution in [0.15, 0.2) is 53.8 Å². The van der Waals surface area contributed by atoms with Crippen molar-refractivity contribution < 1.29 is 26.0 Å². The third kappa shape index (κ3) is 3.65. The maximum absolute atomic E-state index is 13.8. The topological polar surface area (TPSA) is 67.6 Å². The van der Waals surface area contributed by atoms with E-state index in [2.05, 4.69) is 10.1 Å². The van der Waals surface area contributed by atoms with Crippen LogP contribution in [0, 0.1) is 5.82 Å². The zero-order chi connectivity index (χ0) is 19.8. The highest BCUT2D eigenvalue weighted by molar-refractivity contribution is 7.89. The summed E-state index contributed by atoms with van der Waals surface area (Å²) in [6.07, 6.45) is -2.41. The predicted octanol–water partition coefficient (Wildman–Crippen LogP) is 3.18. The first-order valence-corrected chi connectivity index (χ1v) is 9.22. The van der Waals surface area contributed by atoms with Gasteiger partial charge in [-0.15, -0.1) is 0 Å². The molecule has 1 unspecified atom stereocenters. The number of nitrogens with zero attached hydrogens (tertiary/aromatic N) is 4. The van der Waals surface area contributed by atoms with Gasteiger partial charge >= 0.3 is 6.18 Å². The van der Waals surface area contributed by atoms with Crippen LogP contribution in [-0.4, -0.2) is 40.0 Å². The fourth-order valence-electron chi connectivity index (χ4n) is 2.75. The summed E-state index contributed by atoms with van der Waals surface area (Å²) in [5.74, 6) is -0.720. The van der Waals surface area contributed by atoms with Crippen LogP contribution in [0.4, 0.5) is 17.6 Å². The van der Waals surface area contributed by atoms with Crippen LogP contribution in [0.2, 0.25) is 0 Å². The van der Waals surface area contributed by atoms with Crippen molar-refractivity contribution in [1.82, 2.24) is 18.9 Å². The van der Waals surface area contributed by atoms with E-state index < -0.39 is 34.6 Å². The minimum atomic E-state index is -4.90. The molecule has 0 N–H and O–H groups in total. The van der Waals surface area contributed by atoms with Crippen molar-refractivity contribution in [3.8, 4) is 0 Å². The highest BCUT2D eigenvalue weighted by atomic mass is 32.2. The number of sulfonamides is 1. The highest BCUT2D eigenvalue weighted by Crippen LogP contribution is 2.40. The average Bonchev–Trinajstić information content (AvgIpc) is 3.07. The number of fused-ring (bicyclic) bond motifs is 1. The Morgan fingerprint density at radius 3 is 2.44 bits per heavy atom. The van der Waals surface area contributed by atoms with Gasteiger partial charge in [0.2, 0.25) is 10.0 Å². The molecule has 0 aliphatic carbocycles. The second-order valence-electron chi connectivity index (χ2n) is 5.63. The number of alkyl halides is 3. The lowest BCUT2D eigenvalue weighted by Crippen LogP contribution is -2.42. The highest BCUT2D eigenvalue weighted by Gasteiger charge is 2.48. The Morgan fingerprint density at radius 2 is 1.85 bits per heavy atom. The molecule has 0 fully saturated rings. The number of halogens is 4. The molecular weight excluding hydrogens is 388 g/mol. The van der Waals surface area contributed by atoms with Crippen molar-refractivity contribution in [1.29, 1.82) is 0 Å². The molecule has 0 radical (unpaired) electrons. The number of pyridine rings is 1. The normalized spacial score (nSPS) is 14.0. The maximum Gasteiger partial charge on any atom is 0.409 e. The van der Waals surface area contributed by atoms with Crippen molar-refractivity contribution in [3.63, 3.8) is 0 Å². The Balaban J connectivity index is 2.11. The van der Waals surface area contributed by atoms with Gasteiger partial charge in [0.15, 0.2) is 5.65 Å². The van der Waals surface area contributed by atoms with Crippen LogP contribution in [0.3, 0.4) is 0 Å². The molecule has 0 saturated carbocycles. The van der Waals surface area contributed by atoms with Crippen molar-refractivity contribution in [2.75, 3.05) is 6.54 Å². The molecule has 6 nitrogen and oxygen atoms in total. The second-order valence-corrected chi connectivity index (χ2v) is 7.52. The van der Waals surface area contributed by atoms with Gasteiger partial charge in [-0.2, -0.15) is 22.6 Å². The van der Waals surface area contributed by atoms with Crippen LogP contribution >= 0.6 is 0 Å². The van der Waals surface area contributed by atoms with E-state index >= 15 is 0 Å². The van der Waals surface area contributed by atoms with Crippen LogP contribution in [0.5, 0.6) is 0 Å². The molecule has 144 valence electrons. The Labute approximate surface area is 152 Å². The number of hydrogen-bond donors (Lipinski definition) is 0. The van der Waals surface area contributed by atoms with Crippen LogP contribution < -0.4 is 0 Å². The van der Waals surface area contributed by atoms with Gasteiger partial charge < -0.3 is 0 Å². The number of aromatic nitrogens is 3. The molecule has 2 heterocycles. The molecular formula is C16H14F4N4O2S. The summed E-state index contributed by atoms with van der Waals surface area (Å²) in [5, 5.41) is 3.82. The summed E-state index contributed by atoms with van der Waals surface area (Å²) in [4.78, 5) is 3.50. The van der Waals surface area contributed by atoms with Gasteiger partial charge in [-0.3, -0.25) is 0 Å². The van der Waals surface area contributed by atoms with Crippen molar-refractivity contribution in [2.45, 2.75) is 24.0 Å². The third-order valence-corrected chi connectivity index (χ3v) is 5.89. The molecule has 27 heavy (non-hydrogen) atoms. The smallest absolute Gasteiger partial charge is 0.221 e. The molecule has 0 saturated heterocycles. The minimum Gasteiger partial charge on any atom is -0.221 e. The van der Waals surface area contributed by atoms with Crippen LogP contribution in [-0.2, 0) is 10.0 Å². The van der Waals surface area contributed by atoms with Gasteiger partial charge in [-0.1, -0.05) is 19.1 Å². The fourth-order valence-corrected chi connectivity index (χ4v) is 4.36. The number of rotatable bonds is 5. The summed E-state index contributed by atoms with van der Waals surface area (Å²) >= 11 is 0. The Hall–Kier alpha value is -2.53. The maximum atomic E-state index is 13.8. The SMILES string of the molecule is CCN(C(c1ccc(F)cc1)C(F)(F)F)S(=O)(=O)c1ccn2ncnc2c1.